The van der Waals surface area contributed by atoms with E-state index in [1.54, 1.807) is 24.3 Å². The zero-order valence-corrected chi connectivity index (χ0v) is 20.6. The van der Waals surface area contributed by atoms with Crippen molar-refractivity contribution in [3.05, 3.63) is 102 Å². The lowest BCUT2D eigenvalue weighted by atomic mass is 9.86. The normalized spacial score (nSPS) is 15.1. The first-order valence-electron chi connectivity index (χ1n) is 11.3. The molecule has 3 aromatic carbocycles. The maximum atomic E-state index is 13.4. The van der Waals surface area contributed by atoms with E-state index in [1.807, 2.05) is 67.6 Å². The molecule has 3 aromatic rings. The SMILES string of the molecule is Cc1ccc(S(=O)(=O)N[C@H](c2ccccc2)[C@H](NC[C@H](N)C(C)(C)C)c2ccccc2)cc1. The Hall–Kier alpha value is -2.51. The fraction of sp³-hybridized carbons (Fsp3) is 0.333. The van der Waals surface area contributed by atoms with Crippen LogP contribution in [0.3, 0.4) is 0 Å². The van der Waals surface area contributed by atoms with Crippen molar-refractivity contribution < 1.29 is 8.42 Å². The predicted molar refractivity (Wildman–Crippen MR) is 135 cm³/mol. The molecule has 0 spiro atoms. The Morgan fingerprint density at radius 2 is 1.27 bits per heavy atom. The van der Waals surface area contributed by atoms with Crippen molar-refractivity contribution in [2.75, 3.05) is 6.54 Å². The van der Waals surface area contributed by atoms with Crippen molar-refractivity contribution in [1.82, 2.24) is 10.0 Å². The fourth-order valence-electron chi connectivity index (χ4n) is 3.59. The fourth-order valence-corrected chi connectivity index (χ4v) is 4.83. The van der Waals surface area contributed by atoms with Crippen molar-refractivity contribution in [2.24, 2.45) is 11.1 Å². The van der Waals surface area contributed by atoms with Gasteiger partial charge in [-0.05, 0) is 35.6 Å². The zero-order valence-electron chi connectivity index (χ0n) is 19.8. The quantitative estimate of drug-likeness (QED) is 0.427. The highest BCUT2D eigenvalue weighted by Gasteiger charge is 2.31. The first-order valence-corrected chi connectivity index (χ1v) is 12.7. The Bertz CT molecular complexity index is 1110. The van der Waals surface area contributed by atoms with Gasteiger partial charge in [-0.2, -0.15) is 0 Å². The molecule has 0 aliphatic carbocycles. The van der Waals surface area contributed by atoms with Crippen LogP contribution in [0.5, 0.6) is 0 Å². The number of aryl methyl sites for hydroxylation is 1. The smallest absolute Gasteiger partial charge is 0.241 e. The van der Waals surface area contributed by atoms with Gasteiger partial charge in [0.2, 0.25) is 10.0 Å². The monoisotopic (exact) mass is 465 g/mol. The minimum atomic E-state index is -3.77. The van der Waals surface area contributed by atoms with Gasteiger partial charge in [-0.25, -0.2) is 13.1 Å². The van der Waals surface area contributed by atoms with Gasteiger partial charge < -0.3 is 11.1 Å². The molecule has 0 saturated heterocycles. The van der Waals surface area contributed by atoms with E-state index in [0.29, 0.717) is 6.54 Å². The maximum Gasteiger partial charge on any atom is 0.241 e. The summed E-state index contributed by atoms with van der Waals surface area (Å²) in [6.07, 6.45) is 0. The second-order valence-corrected chi connectivity index (χ2v) is 11.3. The van der Waals surface area contributed by atoms with Crippen LogP contribution in [0.4, 0.5) is 0 Å². The molecule has 5 nitrogen and oxygen atoms in total. The molecule has 0 aliphatic heterocycles. The average molecular weight is 466 g/mol. The lowest BCUT2D eigenvalue weighted by Crippen LogP contribution is -2.47. The molecule has 33 heavy (non-hydrogen) atoms. The number of benzene rings is 3. The minimum absolute atomic E-state index is 0.0854. The van der Waals surface area contributed by atoms with Crippen LogP contribution in [0.2, 0.25) is 0 Å². The van der Waals surface area contributed by atoms with E-state index in [2.05, 4.69) is 30.8 Å². The van der Waals surface area contributed by atoms with Gasteiger partial charge in [0, 0.05) is 12.6 Å². The topological polar surface area (TPSA) is 84.2 Å². The van der Waals surface area contributed by atoms with E-state index >= 15 is 0 Å². The van der Waals surface area contributed by atoms with Crippen molar-refractivity contribution in [3.63, 3.8) is 0 Å². The summed E-state index contributed by atoms with van der Waals surface area (Å²) in [4.78, 5) is 0.243. The molecule has 0 radical (unpaired) electrons. The van der Waals surface area contributed by atoms with Crippen LogP contribution in [0, 0.1) is 12.3 Å². The molecule has 6 heteroatoms. The van der Waals surface area contributed by atoms with E-state index in [4.69, 9.17) is 5.73 Å². The Balaban J connectivity index is 2.02. The van der Waals surface area contributed by atoms with Crippen LogP contribution < -0.4 is 15.8 Å². The zero-order chi connectivity index (χ0) is 24.1. The molecular weight excluding hydrogens is 430 g/mol. The van der Waals surface area contributed by atoms with E-state index in [0.717, 1.165) is 16.7 Å². The third-order valence-electron chi connectivity index (χ3n) is 5.93. The summed E-state index contributed by atoms with van der Waals surface area (Å²) in [7, 11) is -3.77. The van der Waals surface area contributed by atoms with Crippen molar-refractivity contribution in [3.8, 4) is 0 Å². The molecule has 0 aromatic heterocycles. The molecule has 0 bridgehead atoms. The third-order valence-corrected chi connectivity index (χ3v) is 7.39. The van der Waals surface area contributed by atoms with Gasteiger partial charge in [0.25, 0.3) is 0 Å². The van der Waals surface area contributed by atoms with Crippen LogP contribution >= 0.6 is 0 Å². The van der Waals surface area contributed by atoms with Crippen molar-refractivity contribution in [2.45, 2.75) is 50.7 Å². The van der Waals surface area contributed by atoms with Gasteiger partial charge in [-0.1, -0.05) is 99.1 Å². The van der Waals surface area contributed by atoms with Gasteiger partial charge in [0.1, 0.15) is 0 Å². The summed E-state index contributed by atoms with van der Waals surface area (Å²) < 4.78 is 29.8. The van der Waals surface area contributed by atoms with Crippen LogP contribution in [-0.2, 0) is 10.0 Å². The van der Waals surface area contributed by atoms with Crippen LogP contribution in [0.15, 0.2) is 89.8 Å². The van der Waals surface area contributed by atoms with Crippen LogP contribution in [-0.4, -0.2) is 21.0 Å². The Morgan fingerprint density at radius 1 is 0.788 bits per heavy atom. The summed E-state index contributed by atoms with van der Waals surface area (Å²) in [6.45, 7) is 8.78. The van der Waals surface area contributed by atoms with Crippen LogP contribution in [0.25, 0.3) is 0 Å². The molecule has 0 fully saturated rings. The van der Waals surface area contributed by atoms with Gasteiger partial charge in [-0.15, -0.1) is 0 Å². The number of sulfonamides is 1. The van der Waals surface area contributed by atoms with Crippen molar-refractivity contribution >= 4 is 10.0 Å². The molecule has 0 heterocycles. The molecule has 0 saturated carbocycles. The molecule has 4 N–H and O–H groups in total. The highest BCUT2D eigenvalue weighted by atomic mass is 32.2. The molecule has 176 valence electrons. The molecule has 0 unspecified atom stereocenters. The molecule has 3 atom stereocenters. The number of hydrogen-bond donors (Lipinski definition) is 3. The maximum absolute atomic E-state index is 13.4. The highest BCUT2D eigenvalue weighted by Crippen LogP contribution is 2.31. The lowest BCUT2D eigenvalue weighted by Gasteiger charge is -2.33. The number of nitrogens with two attached hydrogens (primary N) is 1. The second-order valence-electron chi connectivity index (χ2n) is 9.59. The van der Waals surface area contributed by atoms with E-state index in [-0.39, 0.29) is 22.4 Å². The largest absolute Gasteiger partial charge is 0.326 e. The molecule has 0 aliphatic rings. The van der Waals surface area contributed by atoms with Gasteiger partial charge in [0.15, 0.2) is 0 Å². The number of rotatable bonds is 9. The Morgan fingerprint density at radius 3 is 1.76 bits per heavy atom. The van der Waals surface area contributed by atoms with Gasteiger partial charge in [-0.3, -0.25) is 0 Å². The van der Waals surface area contributed by atoms with Crippen molar-refractivity contribution in [1.29, 1.82) is 0 Å². The average Bonchev–Trinajstić information content (AvgIpc) is 2.79. The Kier molecular flexibility index (Phi) is 8.08. The molecule has 0 amide bonds. The van der Waals surface area contributed by atoms with Gasteiger partial charge in [0.05, 0.1) is 17.0 Å². The number of hydrogen-bond acceptors (Lipinski definition) is 4. The van der Waals surface area contributed by atoms with E-state index in [1.165, 1.54) is 0 Å². The predicted octanol–water partition coefficient (Wildman–Crippen LogP) is 4.72. The lowest BCUT2D eigenvalue weighted by molar-refractivity contribution is 0.290. The summed E-state index contributed by atoms with van der Waals surface area (Å²) in [6, 6.07) is 25.5. The summed E-state index contributed by atoms with van der Waals surface area (Å²) >= 11 is 0. The molecular formula is C27H35N3O2S. The highest BCUT2D eigenvalue weighted by molar-refractivity contribution is 7.89. The van der Waals surface area contributed by atoms with Crippen LogP contribution in [0.1, 0.15) is 49.5 Å². The first kappa shape index (κ1) is 25.1. The summed E-state index contributed by atoms with van der Waals surface area (Å²) in [5.41, 5.74) is 9.23. The third kappa shape index (κ3) is 6.74. The summed E-state index contributed by atoms with van der Waals surface area (Å²) in [5, 5.41) is 3.57. The minimum Gasteiger partial charge on any atom is -0.326 e. The number of nitrogens with one attached hydrogen (secondary N) is 2. The van der Waals surface area contributed by atoms with Gasteiger partial charge >= 0.3 is 0 Å². The standard InChI is InChI=1S/C27H35N3O2S/c1-20-15-17-23(18-16-20)33(31,32)30-26(22-13-9-6-10-14-22)25(21-11-7-5-8-12-21)29-19-24(28)27(2,3)4/h5-18,24-26,29-30H,19,28H2,1-4H3/t24-,25+,26+/m0/s1. The summed E-state index contributed by atoms with van der Waals surface area (Å²) in [5.74, 6) is 0. The Labute approximate surface area is 198 Å². The van der Waals surface area contributed by atoms with E-state index < -0.39 is 16.1 Å². The molecule has 3 rings (SSSR count). The second kappa shape index (κ2) is 10.6. The first-order chi connectivity index (χ1) is 15.6. The van der Waals surface area contributed by atoms with E-state index in [9.17, 15) is 8.42 Å².